The third-order valence-corrected chi connectivity index (χ3v) is 5.60. The summed E-state index contributed by atoms with van der Waals surface area (Å²) in [6, 6.07) is 27.4. The normalized spacial score (nSPS) is 12.4. The summed E-state index contributed by atoms with van der Waals surface area (Å²) >= 11 is 0. The van der Waals surface area contributed by atoms with Crippen molar-refractivity contribution in [2.24, 2.45) is 13.0 Å². The van der Waals surface area contributed by atoms with Crippen LogP contribution >= 0.6 is 0 Å². The van der Waals surface area contributed by atoms with E-state index in [1.165, 1.54) is 0 Å². The molecule has 0 saturated heterocycles. The molecule has 0 N–H and O–H groups in total. The standard InChI is InChI=1S/C29H30N2O2/c1-22(2)20-31(29(32)33-24-14-8-5-9-15-24)28(19-18-23-12-6-4-7-13-23)26-21-30(3)27-17-11-10-16-25(26)27/h4-19,21-22,28H,20H2,1-3H3/b19-18+. The van der Waals surface area contributed by atoms with Gasteiger partial charge in [-0.3, -0.25) is 4.90 Å². The van der Waals surface area contributed by atoms with E-state index in [0.29, 0.717) is 12.3 Å². The van der Waals surface area contributed by atoms with E-state index < -0.39 is 0 Å². The monoisotopic (exact) mass is 438 g/mol. The van der Waals surface area contributed by atoms with E-state index in [2.05, 4.69) is 61.0 Å². The fourth-order valence-electron chi connectivity index (χ4n) is 4.09. The molecule has 0 radical (unpaired) electrons. The fraction of sp³-hybridized carbons (Fsp3) is 0.207. The molecule has 33 heavy (non-hydrogen) atoms. The number of hydrogen-bond acceptors (Lipinski definition) is 2. The summed E-state index contributed by atoms with van der Waals surface area (Å²) in [5, 5.41) is 1.13. The average molecular weight is 439 g/mol. The molecule has 0 aliphatic heterocycles. The highest BCUT2D eigenvalue weighted by Crippen LogP contribution is 2.32. The first-order valence-electron chi connectivity index (χ1n) is 11.3. The number of fused-ring (bicyclic) bond motifs is 1. The third-order valence-electron chi connectivity index (χ3n) is 5.60. The molecule has 0 bridgehead atoms. The Morgan fingerprint density at radius 3 is 2.27 bits per heavy atom. The first kappa shape index (κ1) is 22.4. The van der Waals surface area contributed by atoms with Gasteiger partial charge in [0.1, 0.15) is 5.75 Å². The van der Waals surface area contributed by atoms with Crippen molar-refractivity contribution in [3.63, 3.8) is 0 Å². The molecule has 0 fully saturated rings. The molecule has 4 nitrogen and oxygen atoms in total. The second-order valence-electron chi connectivity index (χ2n) is 8.65. The molecule has 1 heterocycles. The molecule has 0 saturated carbocycles. The quantitative estimate of drug-likeness (QED) is 0.309. The van der Waals surface area contributed by atoms with Crippen LogP contribution < -0.4 is 4.74 Å². The molecule has 0 aliphatic carbocycles. The van der Waals surface area contributed by atoms with E-state index in [1.807, 2.05) is 60.5 Å². The van der Waals surface area contributed by atoms with Crippen molar-refractivity contribution in [1.29, 1.82) is 0 Å². The van der Waals surface area contributed by atoms with E-state index in [9.17, 15) is 4.79 Å². The van der Waals surface area contributed by atoms with E-state index >= 15 is 0 Å². The number of para-hydroxylation sites is 2. The van der Waals surface area contributed by atoms with Gasteiger partial charge in [0.25, 0.3) is 0 Å². The lowest BCUT2D eigenvalue weighted by Gasteiger charge is -2.30. The van der Waals surface area contributed by atoms with Crippen LogP contribution in [0.3, 0.4) is 0 Å². The zero-order valence-electron chi connectivity index (χ0n) is 19.4. The minimum absolute atomic E-state index is 0.274. The maximum atomic E-state index is 13.5. The number of hydrogen-bond donors (Lipinski definition) is 0. The van der Waals surface area contributed by atoms with Crippen molar-refractivity contribution < 1.29 is 9.53 Å². The molecule has 0 spiro atoms. The maximum absolute atomic E-state index is 13.5. The van der Waals surface area contributed by atoms with Gasteiger partial charge in [0.15, 0.2) is 0 Å². The highest BCUT2D eigenvalue weighted by Gasteiger charge is 2.28. The number of aromatic nitrogens is 1. The molecule has 1 amide bonds. The average Bonchev–Trinajstić information content (AvgIpc) is 3.16. The highest BCUT2D eigenvalue weighted by atomic mass is 16.6. The topological polar surface area (TPSA) is 34.5 Å². The van der Waals surface area contributed by atoms with Crippen molar-refractivity contribution >= 4 is 23.1 Å². The highest BCUT2D eigenvalue weighted by molar-refractivity contribution is 5.85. The molecule has 3 aromatic carbocycles. The first-order chi connectivity index (χ1) is 16.0. The SMILES string of the molecule is CC(C)CN(C(=O)Oc1ccccc1)C(/C=C/c1ccccc1)c1cn(C)c2ccccc12. The lowest BCUT2D eigenvalue weighted by Crippen LogP contribution is -2.38. The smallest absolute Gasteiger partial charge is 0.410 e. The second-order valence-corrected chi connectivity index (χ2v) is 8.65. The van der Waals surface area contributed by atoms with E-state index in [4.69, 9.17) is 4.74 Å². The molecule has 1 aromatic heterocycles. The molecule has 168 valence electrons. The first-order valence-corrected chi connectivity index (χ1v) is 11.3. The van der Waals surface area contributed by atoms with Gasteiger partial charge >= 0.3 is 6.09 Å². The Morgan fingerprint density at radius 2 is 1.58 bits per heavy atom. The van der Waals surface area contributed by atoms with Gasteiger partial charge in [-0.1, -0.05) is 92.7 Å². The van der Waals surface area contributed by atoms with Gasteiger partial charge in [0.05, 0.1) is 6.04 Å². The van der Waals surface area contributed by atoms with Gasteiger partial charge in [-0.25, -0.2) is 4.79 Å². The number of benzene rings is 3. The van der Waals surface area contributed by atoms with Crippen molar-refractivity contribution in [3.05, 3.63) is 108 Å². The van der Waals surface area contributed by atoms with Crippen LogP contribution in [0.4, 0.5) is 4.79 Å². The number of ether oxygens (including phenoxy) is 1. The zero-order valence-corrected chi connectivity index (χ0v) is 19.4. The summed E-state index contributed by atoms with van der Waals surface area (Å²) in [4.78, 5) is 15.3. The molecule has 4 heteroatoms. The Morgan fingerprint density at radius 1 is 0.939 bits per heavy atom. The molecular formula is C29H30N2O2. The Labute approximate surface area is 195 Å². The zero-order chi connectivity index (χ0) is 23.2. The number of aryl methyl sites for hydroxylation is 1. The van der Waals surface area contributed by atoms with Crippen molar-refractivity contribution in [1.82, 2.24) is 9.47 Å². The Kier molecular flexibility index (Phi) is 6.94. The molecule has 1 atom stereocenters. The van der Waals surface area contributed by atoms with Crippen LogP contribution in [0.1, 0.15) is 31.0 Å². The summed E-state index contributed by atoms with van der Waals surface area (Å²) in [7, 11) is 2.04. The number of carbonyl (C=O) groups is 1. The van der Waals surface area contributed by atoms with Crippen LogP contribution in [-0.4, -0.2) is 22.1 Å². The van der Waals surface area contributed by atoms with Crippen molar-refractivity contribution in [3.8, 4) is 5.75 Å². The second kappa shape index (κ2) is 10.2. The van der Waals surface area contributed by atoms with E-state index in [0.717, 1.165) is 22.0 Å². The van der Waals surface area contributed by atoms with Gasteiger partial charge in [0.2, 0.25) is 0 Å². The predicted molar refractivity (Wildman–Crippen MR) is 135 cm³/mol. The number of nitrogens with zero attached hydrogens (tertiary/aromatic N) is 2. The summed E-state index contributed by atoms with van der Waals surface area (Å²) in [6.45, 7) is 4.80. The van der Waals surface area contributed by atoms with Gasteiger partial charge in [0, 0.05) is 36.3 Å². The predicted octanol–water partition coefficient (Wildman–Crippen LogP) is 7.09. The van der Waals surface area contributed by atoms with E-state index in [1.54, 1.807) is 12.1 Å². The number of carbonyl (C=O) groups excluding carboxylic acids is 1. The van der Waals surface area contributed by atoms with Gasteiger partial charge in [-0.15, -0.1) is 0 Å². The van der Waals surface area contributed by atoms with Gasteiger partial charge in [-0.05, 0) is 29.7 Å². The molecular weight excluding hydrogens is 408 g/mol. The lowest BCUT2D eigenvalue weighted by atomic mass is 10.0. The summed E-state index contributed by atoms with van der Waals surface area (Å²) < 4.78 is 7.91. The Balaban J connectivity index is 1.79. The minimum atomic E-state index is -0.356. The molecule has 4 aromatic rings. The minimum Gasteiger partial charge on any atom is -0.410 e. The van der Waals surface area contributed by atoms with Crippen LogP contribution in [0.5, 0.6) is 5.75 Å². The Hall–Kier alpha value is -3.79. The summed E-state index contributed by atoms with van der Waals surface area (Å²) in [5.41, 5.74) is 3.29. The molecule has 1 unspecified atom stereocenters. The van der Waals surface area contributed by atoms with Gasteiger partial charge < -0.3 is 9.30 Å². The van der Waals surface area contributed by atoms with Crippen LogP contribution in [-0.2, 0) is 7.05 Å². The fourth-order valence-corrected chi connectivity index (χ4v) is 4.09. The van der Waals surface area contributed by atoms with Crippen LogP contribution in [0.15, 0.2) is 97.2 Å². The summed E-state index contributed by atoms with van der Waals surface area (Å²) in [5.74, 6) is 0.816. The summed E-state index contributed by atoms with van der Waals surface area (Å²) in [6.07, 6.45) is 5.94. The lowest BCUT2D eigenvalue weighted by molar-refractivity contribution is 0.134. The third kappa shape index (κ3) is 5.35. The van der Waals surface area contributed by atoms with Crippen LogP contribution in [0.2, 0.25) is 0 Å². The van der Waals surface area contributed by atoms with Crippen LogP contribution in [0, 0.1) is 5.92 Å². The van der Waals surface area contributed by atoms with Crippen LogP contribution in [0.25, 0.3) is 17.0 Å². The maximum Gasteiger partial charge on any atom is 0.416 e. The van der Waals surface area contributed by atoms with Crippen molar-refractivity contribution in [2.45, 2.75) is 19.9 Å². The molecule has 4 rings (SSSR count). The number of amides is 1. The molecule has 0 aliphatic rings. The van der Waals surface area contributed by atoms with E-state index in [-0.39, 0.29) is 18.1 Å². The number of rotatable bonds is 7. The van der Waals surface area contributed by atoms with Crippen molar-refractivity contribution in [2.75, 3.05) is 6.54 Å². The largest absolute Gasteiger partial charge is 0.416 e. The Bertz CT molecular complexity index is 1230. The van der Waals surface area contributed by atoms with Gasteiger partial charge in [-0.2, -0.15) is 0 Å².